The predicted molar refractivity (Wildman–Crippen MR) is 265 cm³/mol. The Morgan fingerprint density at radius 2 is 1.06 bits per heavy atom. The number of carbonyl (C=O) groups is 2. The van der Waals surface area contributed by atoms with Crippen LogP contribution in [0.2, 0.25) is 0 Å². The zero-order valence-electron chi connectivity index (χ0n) is 38.0. The molecular weight excluding hydrogens is 1050 g/mol. The minimum absolute atomic E-state index is 0.0523. The molecule has 4 heterocycles. The maximum Gasteiger partial charge on any atom is 0.411 e. The number of benzene rings is 4. The second-order valence-corrected chi connectivity index (χ2v) is 25.1. The summed E-state index contributed by atoms with van der Waals surface area (Å²) < 4.78 is 88.6. The summed E-state index contributed by atoms with van der Waals surface area (Å²) in [5, 5.41) is 0. The Morgan fingerprint density at radius 3 is 1.42 bits per heavy atom. The molecule has 19 heteroatoms. The predicted octanol–water partition coefficient (Wildman–Crippen LogP) is 9.48. The highest BCUT2D eigenvalue weighted by atomic mass is 79.9. The minimum atomic E-state index is -3.57. The Bertz CT molecular complexity index is 2620. The van der Waals surface area contributed by atoms with E-state index in [1.54, 1.807) is 9.80 Å². The van der Waals surface area contributed by atoms with Crippen molar-refractivity contribution in [3.05, 3.63) is 140 Å². The highest BCUT2D eigenvalue weighted by Gasteiger charge is 2.45. The number of cyclic esters (lactones) is 2. The van der Waals surface area contributed by atoms with E-state index in [2.05, 4.69) is 31.9 Å². The van der Waals surface area contributed by atoms with E-state index in [4.69, 9.17) is 13.7 Å². The number of hydrogen-bond donors (Lipinski definition) is 0. The molecule has 4 fully saturated rings. The fourth-order valence-electron chi connectivity index (χ4n) is 8.77. The molecule has 4 aromatic carbocycles. The maximum atomic E-state index is 13.2. The Kier molecular flexibility index (Phi) is 17.8. The van der Waals surface area contributed by atoms with Crippen molar-refractivity contribution in [2.75, 3.05) is 56.3 Å². The number of sulfone groups is 1. The molecule has 2 amide bonds. The van der Waals surface area contributed by atoms with Gasteiger partial charge in [0.25, 0.3) is 10.1 Å². The quantitative estimate of drug-likeness (QED) is 0.117. The van der Waals surface area contributed by atoms with Crippen molar-refractivity contribution in [2.24, 2.45) is 0 Å². The summed E-state index contributed by atoms with van der Waals surface area (Å²) in [6, 6.07) is 34.6. The number of rotatable bonds is 13. The van der Waals surface area contributed by atoms with Gasteiger partial charge in [-0.1, -0.05) is 117 Å². The highest BCUT2D eigenvalue weighted by Crippen LogP contribution is 2.42. The normalized spacial score (nSPS) is 23.4. The molecule has 0 aliphatic carbocycles. The van der Waals surface area contributed by atoms with Gasteiger partial charge in [0.05, 0.1) is 42.2 Å². The lowest BCUT2D eigenvalue weighted by Crippen LogP contribution is -2.50. The number of carbonyl (C=O) groups excluding carboxylic acids is 2. The number of halogens is 2. The van der Waals surface area contributed by atoms with Crippen LogP contribution in [0.1, 0.15) is 93.1 Å². The summed E-state index contributed by atoms with van der Waals surface area (Å²) in [7, 11) is -9.31. The zero-order valence-corrected chi connectivity index (χ0v) is 43.6. The smallest absolute Gasteiger partial charge is 0.411 e. The first kappa shape index (κ1) is 52.5. The van der Waals surface area contributed by atoms with Crippen molar-refractivity contribution in [3.63, 3.8) is 0 Å². The summed E-state index contributed by atoms with van der Waals surface area (Å²) in [4.78, 5) is 29.6. The third-order valence-corrected chi connectivity index (χ3v) is 18.1. The van der Waals surface area contributed by atoms with Gasteiger partial charge in [0.1, 0.15) is 21.0 Å². The average molecular weight is 1110 g/mol. The van der Waals surface area contributed by atoms with Gasteiger partial charge in [-0.2, -0.15) is 8.42 Å². The monoisotopic (exact) mass is 1110 g/mol. The second-order valence-electron chi connectivity index (χ2n) is 17.3. The molecule has 8 rings (SSSR count). The summed E-state index contributed by atoms with van der Waals surface area (Å²) in [6.45, 7) is 5.83. The molecule has 4 aliphatic rings. The summed E-state index contributed by atoms with van der Waals surface area (Å²) in [5.74, 6) is 1.05. The number of nitrogens with zero attached hydrogens (tertiary/aromatic N) is 3. The largest absolute Gasteiger partial charge is 0.438 e. The zero-order chi connectivity index (χ0) is 48.5. The number of sulfonamides is 1. The number of ether oxygens (including phenoxy) is 2. The van der Waals surface area contributed by atoms with Gasteiger partial charge in [0.15, 0.2) is 0 Å². The Morgan fingerprint density at radius 1 is 0.627 bits per heavy atom. The molecule has 4 aromatic rings. The standard InChI is InChI=1S/C23H27BrN2O4S.C21H24BrNO5S.C4H8O2S/c1-18(19-8-10-21(24)11-9-19)26-16-13-23(30-22(26)27,20-6-3-2-4-7-20)12-15-25-14-5-17-31(25,28)29;1-16(17-8-10-19(22)11-9-17)23-14-12-21(28-20(23)24,13-15-27-29(2,25)26)18-6-4-3-5-7-18;5-7(6)3-1-2-4-7/h2-4,6-11,18H,5,12-17H2,1H3;3-11,16H,12-15H2,1-2H3;1-4H2/t18-,23+;16-,21-;/m00./s1. The highest BCUT2D eigenvalue weighted by molar-refractivity contribution is 9.10. The topological polar surface area (TPSA) is 174 Å². The lowest BCUT2D eigenvalue weighted by molar-refractivity contribution is -0.0703. The molecule has 0 saturated carbocycles. The van der Waals surface area contributed by atoms with Gasteiger partial charge in [-0.3, -0.25) is 4.18 Å². The van der Waals surface area contributed by atoms with Crippen LogP contribution in [0.4, 0.5) is 9.59 Å². The van der Waals surface area contributed by atoms with Crippen molar-refractivity contribution in [1.29, 1.82) is 0 Å². The van der Waals surface area contributed by atoms with Gasteiger partial charge in [-0.25, -0.2) is 30.7 Å². The summed E-state index contributed by atoms with van der Waals surface area (Å²) in [6.07, 6.45) is 4.48. The molecule has 0 radical (unpaired) electrons. The van der Waals surface area contributed by atoms with Crippen LogP contribution in [-0.4, -0.2) is 108 Å². The first-order valence-corrected chi connectivity index (χ1v) is 29.2. The van der Waals surface area contributed by atoms with Gasteiger partial charge in [-0.05, 0) is 79.6 Å². The number of hydrogen-bond acceptors (Lipinski definition) is 11. The van der Waals surface area contributed by atoms with Crippen molar-refractivity contribution in [2.45, 2.75) is 82.1 Å². The van der Waals surface area contributed by atoms with Crippen LogP contribution >= 0.6 is 31.9 Å². The van der Waals surface area contributed by atoms with E-state index in [-0.39, 0.29) is 37.0 Å². The van der Waals surface area contributed by atoms with Crippen molar-refractivity contribution in [3.8, 4) is 0 Å². The molecule has 0 N–H and O–H groups in total. The van der Waals surface area contributed by atoms with Gasteiger partial charge < -0.3 is 19.3 Å². The molecular formula is C48H59Br2N3O11S3. The van der Waals surface area contributed by atoms with Gasteiger partial charge in [0.2, 0.25) is 10.0 Å². The van der Waals surface area contributed by atoms with E-state index >= 15 is 0 Å². The summed E-state index contributed by atoms with van der Waals surface area (Å²) >= 11 is 6.87. The van der Waals surface area contributed by atoms with E-state index < -0.39 is 47.3 Å². The van der Waals surface area contributed by atoms with Gasteiger partial charge in [0, 0.05) is 60.8 Å². The van der Waals surface area contributed by atoms with Crippen LogP contribution in [0.15, 0.2) is 118 Å². The molecule has 14 nitrogen and oxygen atoms in total. The lowest BCUT2D eigenvalue weighted by atomic mass is 9.85. The van der Waals surface area contributed by atoms with E-state index in [1.165, 1.54) is 4.31 Å². The molecule has 0 bridgehead atoms. The Hall–Kier alpha value is -3.85. The van der Waals surface area contributed by atoms with Crippen LogP contribution in [-0.2, 0) is 54.8 Å². The van der Waals surface area contributed by atoms with E-state index in [1.807, 2.05) is 123 Å². The molecule has 0 spiro atoms. The van der Waals surface area contributed by atoms with Crippen molar-refractivity contribution in [1.82, 2.24) is 14.1 Å². The van der Waals surface area contributed by atoms with E-state index in [0.717, 1.165) is 50.3 Å². The number of amides is 2. The third kappa shape index (κ3) is 14.1. The molecule has 4 atom stereocenters. The fraction of sp³-hybridized carbons (Fsp3) is 0.458. The molecule has 0 unspecified atom stereocenters. The lowest BCUT2D eigenvalue weighted by Gasteiger charge is -2.44. The second kappa shape index (κ2) is 22.7. The van der Waals surface area contributed by atoms with Crippen LogP contribution in [0.5, 0.6) is 0 Å². The molecule has 364 valence electrons. The molecule has 4 saturated heterocycles. The fourth-order valence-corrected chi connectivity index (χ4v) is 12.7. The van der Waals surface area contributed by atoms with Crippen LogP contribution < -0.4 is 0 Å². The van der Waals surface area contributed by atoms with Gasteiger partial charge in [-0.15, -0.1) is 0 Å². The van der Waals surface area contributed by atoms with Gasteiger partial charge >= 0.3 is 12.2 Å². The third-order valence-electron chi connectivity index (χ3n) is 12.7. The first-order chi connectivity index (χ1) is 31.7. The van der Waals surface area contributed by atoms with E-state index in [0.29, 0.717) is 63.4 Å². The van der Waals surface area contributed by atoms with Crippen LogP contribution in [0.3, 0.4) is 0 Å². The molecule has 67 heavy (non-hydrogen) atoms. The van der Waals surface area contributed by atoms with Crippen LogP contribution in [0.25, 0.3) is 0 Å². The van der Waals surface area contributed by atoms with E-state index in [9.17, 15) is 34.8 Å². The average Bonchev–Trinajstić information content (AvgIpc) is 3.88. The SMILES string of the molecule is C[C@@H](c1ccc(Br)cc1)N1CC[C@](CCN2CCCS2(=O)=O)(c2ccccc2)OC1=O.C[C@@H](c1ccc(Br)cc1)N1CC[C@](CCOS(C)(=O)=O)(c2ccccc2)OC1=O.O=S1(=O)CCCC1. The summed E-state index contributed by atoms with van der Waals surface area (Å²) in [5.41, 5.74) is 2.05. The van der Waals surface area contributed by atoms with Crippen molar-refractivity contribution >= 4 is 74.0 Å². The Labute approximate surface area is 412 Å². The van der Waals surface area contributed by atoms with Crippen LogP contribution in [0, 0.1) is 0 Å². The maximum absolute atomic E-state index is 13.2. The molecule has 4 aliphatic heterocycles. The van der Waals surface area contributed by atoms with Crippen molar-refractivity contribution < 1.29 is 48.5 Å². The first-order valence-electron chi connectivity index (χ1n) is 22.4. The Balaban J connectivity index is 0.000000193. The molecule has 0 aromatic heterocycles. The minimum Gasteiger partial charge on any atom is -0.438 e.